The van der Waals surface area contributed by atoms with E-state index in [0.717, 1.165) is 16.7 Å². The van der Waals surface area contributed by atoms with Crippen LogP contribution in [0.2, 0.25) is 0 Å². The molecule has 2 N–H and O–H groups in total. The van der Waals surface area contributed by atoms with Crippen molar-refractivity contribution in [2.45, 2.75) is 25.8 Å². The minimum atomic E-state index is -0.00975. The van der Waals surface area contributed by atoms with Gasteiger partial charge in [0.25, 0.3) is 0 Å². The molecule has 0 amide bonds. The molecule has 2 atom stereocenters. The Morgan fingerprint density at radius 3 is 2.82 bits per heavy atom. The topological polar surface area (TPSA) is 61.3 Å². The molecule has 0 saturated carbocycles. The van der Waals surface area contributed by atoms with Crippen LogP contribution in [0.25, 0.3) is 11.1 Å². The molecule has 2 unspecified atom stereocenters. The minimum Gasteiger partial charge on any atom is -0.440 e. The van der Waals surface area contributed by atoms with Gasteiger partial charge in [-0.3, -0.25) is 0 Å². The molecular formula is C13H16N2O2. The largest absolute Gasteiger partial charge is 0.440 e. The van der Waals surface area contributed by atoms with Crippen LogP contribution in [-0.2, 0) is 4.74 Å². The van der Waals surface area contributed by atoms with Gasteiger partial charge >= 0.3 is 0 Å². The van der Waals surface area contributed by atoms with Gasteiger partial charge in [0.1, 0.15) is 5.52 Å². The second kappa shape index (κ2) is 3.82. The van der Waals surface area contributed by atoms with E-state index in [4.69, 9.17) is 14.9 Å². The first-order valence-electron chi connectivity index (χ1n) is 5.86. The fourth-order valence-corrected chi connectivity index (χ4v) is 2.38. The number of hydrogen-bond donors (Lipinski definition) is 1. The van der Waals surface area contributed by atoms with Gasteiger partial charge in [0.05, 0.1) is 19.1 Å². The molecule has 0 aliphatic carbocycles. The van der Waals surface area contributed by atoms with Crippen LogP contribution in [0.5, 0.6) is 0 Å². The summed E-state index contributed by atoms with van der Waals surface area (Å²) in [6.45, 7) is 5.29. The van der Waals surface area contributed by atoms with Crippen LogP contribution in [0, 0.1) is 13.8 Å². The lowest BCUT2D eigenvalue weighted by molar-refractivity contribution is 0.188. The van der Waals surface area contributed by atoms with Gasteiger partial charge in [0.2, 0.25) is 5.89 Å². The van der Waals surface area contributed by atoms with E-state index in [1.54, 1.807) is 0 Å². The Balaban J connectivity index is 2.10. The standard InChI is InChI=1S/C13H16N2O2/c1-7-3-8(2)12-11(4-7)15-13(17-12)9-5-16-6-10(9)14/h3-4,9-10H,5-6,14H2,1-2H3. The number of aromatic nitrogens is 1. The Kier molecular flexibility index (Phi) is 2.42. The summed E-state index contributed by atoms with van der Waals surface area (Å²) in [7, 11) is 0. The van der Waals surface area contributed by atoms with E-state index in [2.05, 4.69) is 18.0 Å². The zero-order chi connectivity index (χ0) is 12.0. The number of nitrogens with zero attached hydrogens (tertiary/aromatic N) is 1. The second-order valence-corrected chi connectivity index (χ2v) is 4.79. The molecule has 3 rings (SSSR count). The Bertz CT molecular complexity index is 562. The summed E-state index contributed by atoms with van der Waals surface area (Å²) in [5, 5.41) is 0. The lowest BCUT2D eigenvalue weighted by atomic mass is 10.1. The molecule has 0 spiro atoms. The van der Waals surface area contributed by atoms with Crippen molar-refractivity contribution >= 4 is 11.1 Å². The third-order valence-corrected chi connectivity index (χ3v) is 3.28. The molecule has 4 heteroatoms. The maximum Gasteiger partial charge on any atom is 0.202 e. The quantitative estimate of drug-likeness (QED) is 0.815. The van der Waals surface area contributed by atoms with Crippen molar-refractivity contribution in [3.8, 4) is 0 Å². The number of benzene rings is 1. The van der Waals surface area contributed by atoms with Gasteiger partial charge in [-0.15, -0.1) is 0 Å². The molecule has 17 heavy (non-hydrogen) atoms. The minimum absolute atomic E-state index is 0.00975. The highest BCUT2D eigenvalue weighted by Gasteiger charge is 2.30. The maximum absolute atomic E-state index is 5.98. The predicted molar refractivity (Wildman–Crippen MR) is 65.0 cm³/mol. The van der Waals surface area contributed by atoms with Crippen molar-refractivity contribution < 1.29 is 9.15 Å². The average molecular weight is 232 g/mol. The summed E-state index contributed by atoms with van der Waals surface area (Å²) in [4.78, 5) is 4.54. The Hall–Kier alpha value is -1.39. The molecule has 0 bridgehead atoms. The average Bonchev–Trinajstić information content (AvgIpc) is 2.83. The highest BCUT2D eigenvalue weighted by atomic mass is 16.5. The van der Waals surface area contributed by atoms with E-state index in [9.17, 15) is 0 Å². The van der Waals surface area contributed by atoms with E-state index in [0.29, 0.717) is 19.1 Å². The van der Waals surface area contributed by atoms with Crippen LogP contribution >= 0.6 is 0 Å². The normalized spacial score (nSPS) is 24.6. The number of hydrogen-bond acceptors (Lipinski definition) is 4. The van der Waals surface area contributed by atoms with Crippen molar-refractivity contribution in [3.63, 3.8) is 0 Å². The number of ether oxygens (including phenoxy) is 1. The van der Waals surface area contributed by atoms with Gasteiger partial charge in [-0.25, -0.2) is 4.98 Å². The number of nitrogens with two attached hydrogens (primary N) is 1. The van der Waals surface area contributed by atoms with E-state index in [-0.39, 0.29) is 12.0 Å². The number of rotatable bonds is 1. The number of fused-ring (bicyclic) bond motifs is 1. The van der Waals surface area contributed by atoms with Crippen molar-refractivity contribution in [1.82, 2.24) is 4.98 Å². The predicted octanol–water partition coefficient (Wildman–Crippen LogP) is 1.89. The lowest BCUT2D eigenvalue weighted by Gasteiger charge is -2.07. The fourth-order valence-electron chi connectivity index (χ4n) is 2.38. The molecular weight excluding hydrogens is 216 g/mol. The zero-order valence-corrected chi connectivity index (χ0v) is 10.1. The van der Waals surface area contributed by atoms with Gasteiger partial charge in [0, 0.05) is 6.04 Å². The summed E-state index contributed by atoms with van der Waals surface area (Å²) in [5.74, 6) is 0.792. The molecule has 1 aromatic carbocycles. The third-order valence-electron chi connectivity index (χ3n) is 3.28. The smallest absolute Gasteiger partial charge is 0.202 e. The van der Waals surface area contributed by atoms with Crippen molar-refractivity contribution in [3.05, 3.63) is 29.2 Å². The van der Waals surface area contributed by atoms with Crippen LogP contribution in [0.15, 0.2) is 16.5 Å². The molecule has 1 fully saturated rings. The van der Waals surface area contributed by atoms with E-state index >= 15 is 0 Å². The molecule has 1 aromatic heterocycles. The lowest BCUT2D eigenvalue weighted by Crippen LogP contribution is -2.26. The summed E-state index contributed by atoms with van der Waals surface area (Å²) in [6.07, 6.45) is 0. The van der Waals surface area contributed by atoms with Gasteiger partial charge in [-0.1, -0.05) is 6.07 Å². The van der Waals surface area contributed by atoms with Crippen molar-refractivity contribution in [1.29, 1.82) is 0 Å². The zero-order valence-electron chi connectivity index (χ0n) is 10.1. The van der Waals surface area contributed by atoms with E-state index in [1.807, 2.05) is 13.0 Å². The molecule has 4 nitrogen and oxygen atoms in total. The highest BCUT2D eigenvalue weighted by Crippen LogP contribution is 2.29. The van der Waals surface area contributed by atoms with Gasteiger partial charge in [0.15, 0.2) is 5.58 Å². The monoisotopic (exact) mass is 232 g/mol. The summed E-state index contributed by atoms with van der Waals surface area (Å²) in [6, 6.07) is 4.13. The first-order valence-corrected chi connectivity index (χ1v) is 5.86. The van der Waals surface area contributed by atoms with Crippen LogP contribution in [-0.4, -0.2) is 24.2 Å². The maximum atomic E-state index is 5.98. The first-order chi connectivity index (χ1) is 8.15. The Morgan fingerprint density at radius 2 is 2.12 bits per heavy atom. The van der Waals surface area contributed by atoms with Gasteiger partial charge in [-0.2, -0.15) is 0 Å². The van der Waals surface area contributed by atoms with Crippen LogP contribution in [0.3, 0.4) is 0 Å². The third kappa shape index (κ3) is 1.73. The van der Waals surface area contributed by atoms with Crippen LogP contribution < -0.4 is 5.73 Å². The van der Waals surface area contributed by atoms with Crippen molar-refractivity contribution in [2.24, 2.45) is 5.73 Å². The first kappa shape index (κ1) is 10.7. The van der Waals surface area contributed by atoms with Gasteiger partial charge in [-0.05, 0) is 31.0 Å². The second-order valence-electron chi connectivity index (χ2n) is 4.79. The molecule has 1 aliphatic rings. The molecule has 1 aliphatic heterocycles. The number of oxazole rings is 1. The molecule has 0 radical (unpaired) electrons. The summed E-state index contributed by atoms with van der Waals surface area (Å²) in [5.41, 5.74) is 10.1. The van der Waals surface area contributed by atoms with Crippen LogP contribution in [0.1, 0.15) is 22.9 Å². The Morgan fingerprint density at radius 1 is 1.29 bits per heavy atom. The van der Waals surface area contributed by atoms with E-state index in [1.165, 1.54) is 5.56 Å². The van der Waals surface area contributed by atoms with E-state index < -0.39 is 0 Å². The van der Waals surface area contributed by atoms with Gasteiger partial charge < -0.3 is 14.9 Å². The highest BCUT2D eigenvalue weighted by molar-refractivity contribution is 5.77. The molecule has 90 valence electrons. The number of aryl methyl sites for hydroxylation is 2. The summed E-state index contributed by atoms with van der Waals surface area (Å²) < 4.78 is 11.2. The molecule has 1 saturated heterocycles. The fraction of sp³-hybridized carbons (Fsp3) is 0.462. The molecule has 2 aromatic rings. The SMILES string of the molecule is Cc1cc(C)c2oc(C3COCC3N)nc2c1. The van der Waals surface area contributed by atoms with Crippen LogP contribution in [0.4, 0.5) is 0 Å². The molecule has 2 heterocycles. The van der Waals surface area contributed by atoms with Crippen molar-refractivity contribution in [2.75, 3.05) is 13.2 Å². The Labute approximate surface area is 99.8 Å². The summed E-state index contributed by atoms with van der Waals surface area (Å²) >= 11 is 0.